The number of hydrogen-bond donors (Lipinski definition) is 3. The van der Waals surface area contributed by atoms with Gasteiger partial charge < -0.3 is 25.4 Å². The van der Waals surface area contributed by atoms with Gasteiger partial charge in [-0.2, -0.15) is 0 Å². The maximum Gasteiger partial charge on any atom is 0.319 e. The summed E-state index contributed by atoms with van der Waals surface area (Å²) < 4.78 is 24.7. The van der Waals surface area contributed by atoms with E-state index in [1.807, 2.05) is 0 Å². The molecule has 0 saturated heterocycles. The quantitative estimate of drug-likeness (QED) is 0.738. The predicted molar refractivity (Wildman–Crippen MR) is 102 cm³/mol. The second kappa shape index (κ2) is 7.99. The third kappa shape index (κ3) is 3.62. The maximum absolute atomic E-state index is 14.0. The van der Waals surface area contributed by atoms with Gasteiger partial charge >= 0.3 is 6.03 Å². The SMILES string of the molecule is COc1cccc(C2NC(=O)NC(C)=C2C(=O)Nc2ccccc2F)c1OC. The van der Waals surface area contributed by atoms with E-state index in [4.69, 9.17) is 9.47 Å². The lowest BCUT2D eigenvalue weighted by molar-refractivity contribution is -0.113. The summed E-state index contributed by atoms with van der Waals surface area (Å²) in [6, 6.07) is 9.74. The van der Waals surface area contributed by atoms with E-state index in [0.29, 0.717) is 22.8 Å². The van der Waals surface area contributed by atoms with Crippen LogP contribution in [0, 0.1) is 5.82 Å². The summed E-state index contributed by atoms with van der Waals surface area (Å²) in [7, 11) is 2.97. The van der Waals surface area contributed by atoms with E-state index in [0.717, 1.165) is 0 Å². The molecular weight excluding hydrogens is 365 g/mol. The topological polar surface area (TPSA) is 88.7 Å². The molecule has 0 fully saturated rings. The molecular formula is C20H20FN3O4. The third-order valence-corrected chi connectivity index (χ3v) is 4.38. The highest BCUT2D eigenvalue weighted by molar-refractivity contribution is 6.07. The van der Waals surface area contributed by atoms with Crippen molar-refractivity contribution in [3.8, 4) is 11.5 Å². The average molecular weight is 385 g/mol. The Morgan fingerprint density at radius 3 is 2.54 bits per heavy atom. The van der Waals surface area contributed by atoms with Crippen molar-refractivity contribution >= 4 is 17.6 Å². The standard InChI is InChI=1S/C20H20FN3O4/c1-11-16(19(25)23-14-9-5-4-8-13(14)21)17(24-20(26)22-11)12-7-6-10-15(27-2)18(12)28-3/h4-10,17H,1-3H3,(H,23,25)(H2,22,24,26). The molecule has 1 unspecified atom stereocenters. The molecule has 7 nitrogen and oxygen atoms in total. The Morgan fingerprint density at radius 1 is 1.11 bits per heavy atom. The predicted octanol–water partition coefficient (Wildman–Crippen LogP) is 3.11. The summed E-state index contributed by atoms with van der Waals surface area (Å²) in [4.78, 5) is 25.0. The average Bonchev–Trinajstić information content (AvgIpc) is 2.68. The van der Waals surface area contributed by atoms with Crippen LogP contribution in [0.4, 0.5) is 14.9 Å². The first-order valence-corrected chi connectivity index (χ1v) is 8.51. The van der Waals surface area contributed by atoms with Crippen LogP contribution in [0.3, 0.4) is 0 Å². The monoisotopic (exact) mass is 385 g/mol. The minimum Gasteiger partial charge on any atom is -0.493 e. The zero-order valence-corrected chi connectivity index (χ0v) is 15.6. The van der Waals surface area contributed by atoms with E-state index in [-0.39, 0.29) is 11.3 Å². The second-order valence-electron chi connectivity index (χ2n) is 6.09. The lowest BCUT2D eigenvalue weighted by Crippen LogP contribution is -2.46. The molecule has 1 aliphatic heterocycles. The molecule has 0 saturated carbocycles. The van der Waals surface area contributed by atoms with Crippen molar-refractivity contribution in [3.63, 3.8) is 0 Å². The minimum absolute atomic E-state index is 0.0426. The Balaban J connectivity index is 2.05. The Bertz CT molecular complexity index is 958. The zero-order valence-electron chi connectivity index (χ0n) is 15.6. The number of anilines is 1. The first-order chi connectivity index (χ1) is 13.5. The summed E-state index contributed by atoms with van der Waals surface area (Å²) in [6.45, 7) is 1.61. The summed E-state index contributed by atoms with van der Waals surface area (Å²) in [6.07, 6.45) is 0. The fourth-order valence-electron chi connectivity index (χ4n) is 3.12. The summed E-state index contributed by atoms with van der Waals surface area (Å²) in [5.74, 6) is -0.261. The van der Waals surface area contributed by atoms with Crippen LogP contribution < -0.4 is 25.4 Å². The van der Waals surface area contributed by atoms with Gasteiger partial charge in [0.05, 0.1) is 31.5 Å². The first kappa shape index (κ1) is 19.2. The number of benzene rings is 2. The number of hydrogen-bond acceptors (Lipinski definition) is 4. The molecule has 1 atom stereocenters. The number of halogens is 1. The zero-order chi connectivity index (χ0) is 20.3. The molecule has 8 heteroatoms. The largest absolute Gasteiger partial charge is 0.493 e. The van der Waals surface area contributed by atoms with Crippen LogP contribution in [-0.2, 0) is 4.79 Å². The molecule has 0 aliphatic carbocycles. The van der Waals surface area contributed by atoms with Crippen LogP contribution in [0.1, 0.15) is 18.5 Å². The maximum atomic E-state index is 14.0. The molecule has 0 bridgehead atoms. The number of carbonyl (C=O) groups is 2. The van der Waals surface area contributed by atoms with Crippen LogP contribution in [-0.4, -0.2) is 26.2 Å². The second-order valence-corrected chi connectivity index (χ2v) is 6.09. The van der Waals surface area contributed by atoms with Crippen molar-refractivity contribution in [1.82, 2.24) is 10.6 Å². The lowest BCUT2D eigenvalue weighted by Gasteiger charge is -2.30. The number of methoxy groups -OCH3 is 2. The fraction of sp³-hybridized carbons (Fsp3) is 0.200. The van der Waals surface area contributed by atoms with Crippen molar-refractivity contribution < 1.29 is 23.5 Å². The van der Waals surface area contributed by atoms with Crippen LogP contribution in [0.2, 0.25) is 0 Å². The van der Waals surface area contributed by atoms with Crippen molar-refractivity contribution in [1.29, 1.82) is 0 Å². The van der Waals surface area contributed by atoms with Crippen molar-refractivity contribution in [3.05, 3.63) is 65.1 Å². The number of ether oxygens (including phenoxy) is 2. The van der Waals surface area contributed by atoms with Gasteiger partial charge in [0, 0.05) is 11.3 Å². The highest BCUT2D eigenvalue weighted by Gasteiger charge is 2.34. The highest BCUT2D eigenvalue weighted by Crippen LogP contribution is 2.39. The molecule has 3 N–H and O–H groups in total. The number of rotatable bonds is 5. The van der Waals surface area contributed by atoms with Crippen LogP contribution in [0.25, 0.3) is 0 Å². The van der Waals surface area contributed by atoms with Gasteiger partial charge in [-0.05, 0) is 25.1 Å². The minimum atomic E-state index is -0.814. The Hall–Kier alpha value is -3.55. The van der Waals surface area contributed by atoms with Crippen LogP contribution in [0.5, 0.6) is 11.5 Å². The number of allylic oxidation sites excluding steroid dienone is 1. The Labute approximate surface area is 161 Å². The summed E-state index contributed by atoms with van der Waals surface area (Å²) in [5, 5.41) is 7.86. The van der Waals surface area contributed by atoms with Gasteiger partial charge in [0.1, 0.15) is 5.82 Å². The third-order valence-electron chi connectivity index (χ3n) is 4.38. The van der Waals surface area contributed by atoms with E-state index >= 15 is 0 Å². The summed E-state index contributed by atoms with van der Waals surface area (Å²) >= 11 is 0. The number of nitrogens with one attached hydrogen (secondary N) is 3. The van der Waals surface area contributed by atoms with Gasteiger partial charge in [-0.15, -0.1) is 0 Å². The van der Waals surface area contributed by atoms with Crippen molar-refractivity contribution in [2.45, 2.75) is 13.0 Å². The molecule has 1 heterocycles. The van der Waals surface area contributed by atoms with Crippen molar-refractivity contribution in [2.75, 3.05) is 19.5 Å². The molecule has 3 amide bonds. The molecule has 0 spiro atoms. The molecule has 0 radical (unpaired) electrons. The molecule has 0 aromatic heterocycles. The van der Waals surface area contributed by atoms with Gasteiger partial charge in [0.15, 0.2) is 11.5 Å². The smallest absolute Gasteiger partial charge is 0.319 e. The van der Waals surface area contributed by atoms with E-state index in [2.05, 4.69) is 16.0 Å². The van der Waals surface area contributed by atoms with Gasteiger partial charge in [0.25, 0.3) is 5.91 Å². The van der Waals surface area contributed by atoms with Gasteiger partial charge in [0.2, 0.25) is 0 Å². The van der Waals surface area contributed by atoms with Crippen molar-refractivity contribution in [2.24, 2.45) is 0 Å². The fourth-order valence-corrected chi connectivity index (χ4v) is 3.12. The number of amides is 3. The Kier molecular flexibility index (Phi) is 5.49. The van der Waals surface area contributed by atoms with E-state index < -0.39 is 23.8 Å². The number of para-hydroxylation sites is 2. The summed E-state index contributed by atoms with van der Waals surface area (Å²) in [5.41, 5.74) is 1.16. The molecule has 28 heavy (non-hydrogen) atoms. The first-order valence-electron chi connectivity index (χ1n) is 8.51. The van der Waals surface area contributed by atoms with Crippen LogP contribution in [0.15, 0.2) is 53.7 Å². The van der Waals surface area contributed by atoms with E-state index in [9.17, 15) is 14.0 Å². The van der Waals surface area contributed by atoms with E-state index in [1.54, 1.807) is 31.2 Å². The normalized spacial score (nSPS) is 16.1. The van der Waals surface area contributed by atoms with Gasteiger partial charge in [-0.3, -0.25) is 4.79 Å². The number of carbonyl (C=O) groups excluding carboxylic acids is 2. The molecule has 2 aromatic carbocycles. The van der Waals surface area contributed by atoms with Gasteiger partial charge in [-0.1, -0.05) is 24.3 Å². The highest BCUT2D eigenvalue weighted by atomic mass is 19.1. The Morgan fingerprint density at radius 2 is 1.86 bits per heavy atom. The van der Waals surface area contributed by atoms with Gasteiger partial charge in [-0.25, -0.2) is 9.18 Å². The molecule has 1 aliphatic rings. The molecule has 3 rings (SSSR count). The lowest BCUT2D eigenvalue weighted by atomic mass is 9.93. The molecule has 146 valence electrons. The van der Waals surface area contributed by atoms with Crippen LogP contribution >= 0.6 is 0 Å². The van der Waals surface area contributed by atoms with E-state index in [1.165, 1.54) is 32.4 Å². The number of urea groups is 1. The molecule has 2 aromatic rings.